The summed E-state index contributed by atoms with van der Waals surface area (Å²) in [7, 11) is 0. The Morgan fingerprint density at radius 1 is 0.500 bits per heavy atom. The van der Waals surface area contributed by atoms with Gasteiger partial charge in [0.2, 0.25) is 0 Å². The predicted octanol–water partition coefficient (Wildman–Crippen LogP) is 8.23. The van der Waals surface area contributed by atoms with Crippen LogP contribution in [-0.4, -0.2) is 46.9 Å². The molecule has 0 aromatic heterocycles. The van der Waals surface area contributed by atoms with Gasteiger partial charge in [-0.05, 0) is 72.2 Å². The van der Waals surface area contributed by atoms with Crippen molar-refractivity contribution >= 4 is 11.8 Å². The second-order valence-electron chi connectivity index (χ2n) is 12.5. The van der Waals surface area contributed by atoms with Crippen LogP contribution in [0.15, 0.2) is 109 Å². The van der Waals surface area contributed by atoms with E-state index in [0.717, 1.165) is 11.1 Å². The number of carbonyl (C=O) groups is 2. The molecule has 242 valence electrons. The molecule has 0 radical (unpaired) electrons. The zero-order chi connectivity index (χ0) is 33.1. The van der Waals surface area contributed by atoms with Crippen molar-refractivity contribution in [3.05, 3.63) is 131 Å². The quantitative estimate of drug-likeness (QED) is 0.134. The Morgan fingerprint density at radius 3 is 1.13 bits per heavy atom. The minimum Gasteiger partial charge on any atom is -0.481 e. The predicted molar refractivity (Wildman–Crippen MR) is 185 cm³/mol. The normalized spacial score (nSPS) is 12.4. The number of rotatable bonds is 15. The fraction of sp³-hybridized carbons (Fsp3) is 0.350. The van der Waals surface area contributed by atoms with E-state index in [-0.39, 0.29) is 11.8 Å². The van der Waals surface area contributed by atoms with Crippen molar-refractivity contribution in [1.29, 1.82) is 0 Å². The molecule has 0 aliphatic carbocycles. The molecule has 0 aliphatic heterocycles. The third kappa shape index (κ3) is 9.96. The van der Waals surface area contributed by atoms with Crippen LogP contribution >= 0.6 is 0 Å². The van der Waals surface area contributed by atoms with Crippen molar-refractivity contribution in [2.75, 3.05) is 13.1 Å². The molecular formula is C40H48N2O4. The molecule has 0 spiro atoms. The lowest BCUT2D eigenvalue weighted by atomic mass is 10.0. The first-order valence-corrected chi connectivity index (χ1v) is 16.3. The summed E-state index contributed by atoms with van der Waals surface area (Å²) in [5, 5.41) is 0. The number of amides is 2. The molecule has 4 aromatic rings. The first-order valence-electron chi connectivity index (χ1n) is 16.3. The number of carbonyl (C=O) groups excluding carboxylic acids is 2. The molecule has 2 unspecified atom stereocenters. The molecule has 2 amide bonds. The Hall–Kier alpha value is -4.58. The van der Waals surface area contributed by atoms with Crippen LogP contribution < -0.4 is 9.47 Å². The molecule has 0 bridgehead atoms. The van der Waals surface area contributed by atoms with Crippen LogP contribution in [0, 0.1) is 0 Å². The summed E-state index contributed by atoms with van der Waals surface area (Å²) in [6.45, 7) is 13.6. The second-order valence-corrected chi connectivity index (χ2v) is 12.5. The minimum absolute atomic E-state index is 0.140. The maximum Gasteiger partial charge on any atom is 0.263 e. The summed E-state index contributed by atoms with van der Waals surface area (Å²) in [5.74, 6) is 1.84. The Balaban J connectivity index is 1.51. The fourth-order valence-corrected chi connectivity index (χ4v) is 5.27. The van der Waals surface area contributed by atoms with E-state index in [1.165, 1.54) is 11.1 Å². The highest BCUT2D eigenvalue weighted by atomic mass is 16.5. The lowest BCUT2D eigenvalue weighted by Crippen LogP contribution is -2.47. The average Bonchev–Trinajstić information content (AvgIpc) is 3.06. The van der Waals surface area contributed by atoms with Crippen LogP contribution in [0.3, 0.4) is 0 Å². The highest BCUT2D eigenvalue weighted by Crippen LogP contribution is 2.22. The monoisotopic (exact) mass is 620 g/mol. The van der Waals surface area contributed by atoms with Crippen molar-refractivity contribution in [1.82, 2.24) is 9.80 Å². The second kappa shape index (κ2) is 16.6. The van der Waals surface area contributed by atoms with Gasteiger partial charge in [0.15, 0.2) is 12.2 Å². The summed E-state index contributed by atoms with van der Waals surface area (Å²) >= 11 is 0. The van der Waals surface area contributed by atoms with E-state index in [4.69, 9.17) is 9.47 Å². The molecule has 4 aromatic carbocycles. The van der Waals surface area contributed by atoms with Crippen LogP contribution in [0.4, 0.5) is 0 Å². The summed E-state index contributed by atoms with van der Waals surface area (Å²) in [6, 6.07) is 35.6. The number of hydrogen-bond acceptors (Lipinski definition) is 4. The van der Waals surface area contributed by atoms with E-state index in [1.54, 1.807) is 23.6 Å². The van der Waals surface area contributed by atoms with Crippen molar-refractivity contribution in [3.63, 3.8) is 0 Å². The van der Waals surface area contributed by atoms with E-state index >= 15 is 0 Å². The van der Waals surface area contributed by atoms with Gasteiger partial charge in [-0.1, -0.05) is 113 Å². The first kappa shape index (κ1) is 34.3. The van der Waals surface area contributed by atoms with E-state index in [1.807, 2.05) is 109 Å². The Morgan fingerprint density at radius 2 is 0.826 bits per heavy atom. The molecule has 0 saturated carbocycles. The summed E-state index contributed by atoms with van der Waals surface area (Å²) in [5.41, 5.74) is 4.44. The third-order valence-electron chi connectivity index (χ3n) is 8.11. The zero-order valence-electron chi connectivity index (χ0n) is 28.1. The van der Waals surface area contributed by atoms with Gasteiger partial charge in [0.05, 0.1) is 0 Å². The van der Waals surface area contributed by atoms with E-state index < -0.39 is 12.2 Å². The standard InChI is InChI=1S/C40H48N2O4/c1-29(2)35-17-21-37(22-18-35)45-31(5)39(43)41(27-33-13-9-7-10-14-33)25-26-42(28-34-15-11-8-12-16-34)40(44)32(6)46-38-23-19-36(20-24-38)30(3)4/h7-24,29-32H,25-28H2,1-6H3. The molecule has 0 heterocycles. The van der Waals surface area contributed by atoms with Gasteiger partial charge in [0.1, 0.15) is 11.5 Å². The number of ether oxygens (including phenoxy) is 2. The lowest BCUT2D eigenvalue weighted by Gasteiger charge is -2.31. The Kier molecular flexibility index (Phi) is 12.4. The van der Waals surface area contributed by atoms with Gasteiger partial charge in [-0.2, -0.15) is 0 Å². The zero-order valence-corrected chi connectivity index (χ0v) is 28.1. The van der Waals surface area contributed by atoms with Crippen LogP contribution in [0.25, 0.3) is 0 Å². The van der Waals surface area contributed by atoms with Crippen molar-refractivity contribution in [3.8, 4) is 11.5 Å². The van der Waals surface area contributed by atoms with Crippen LogP contribution in [0.1, 0.15) is 75.6 Å². The molecule has 0 N–H and O–H groups in total. The van der Waals surface area contributed by atoms with E-state index in [2.05, 4.69) is 27.7 Å². The van der Waals surface area contributed by atoms with Gasteiger partial charge >= 0.3 is 0 Å². The third-order valence-corrected chi connectivity index (χ3v) is 8.11. The molecule has 6 heteroatoms. The molecule has 0 saturated heterocycles. The maximum absolute atomic E-state index is 13.9. The molecule has 46 heavy (non-hydrogen) atoms. The van der Waals surface area contributed by atoms with Crippen molar-refractivity contribution < 1.29 is 19.1 Å². The molecule has 4 rings (SSSR count). The van der Waals surface area contributed by atoms with Gasteiger partial charge in [-0.3, -0.25) is 9.59 Å². The summed E-state index contributed by atoms with van der Waals surface area (Å²) in [4.78, 5) is 31.3. The van der Waals surface area contributed by atoms with Crippen LogP contribution in [0.2, 0.25) is 0 Å². The van der Waals surface area contributed by atoms with E-state index in [0.29, 0.717) is 49.5 Å². The van der Waals surface area contributed by atoms with Gasteiger partial charge in [0.25, 0.3) is 11.8 Å². The van der Waals surface area contributed by atoms with Crippen LogP contribution in [0.5, 0.6) is 11.5 Å². The molecular weight excluding hydrogens is 572 g/mol. The summed E-state index contributed by atoms with van der Waals surface area (Å²) in [6.07, 6.45) is -1.41. The summed E-state index contributed by atoms with van der Waals surface area (Å²) < 4.78 is 12.2. The molecule has 0 aliphatic rings. The SMILES string of the molecule is CC(Oc1ccc(C(C)C)cc1)C(=O)N(CCN(Cc1ccccc1)C(=O)C(C)Oc1ccc(C(C)C)cc1)Cc1ccccc1. The Bertz CT molecular complexity index is 1390. The van der Waals surface area contributed by atoms with Gasteiger partial charge < -0.3 is 19.3 Å². The number of benzene rings is 4. The Labute approximate surface area is 275 Å². The highest BCUT2D eigenvalue weighted by molar-refractivity contribution is 5.82. The van der Waals surface area contributed by atoms with Gasteiger partial charge in [0, 0.05) is 26.2 Å². The molecule has 2 atom stereocenters. The first-order chi connectivity index (χ1) is 22.1. The maximum atomic E-state index is 13.9. The van der Waals surface area contributed by atoms with E-state index in [9.17, 15) is 9.59 Å². The highest BCUT2D eigenvalue weighted by Gasteiger charge is 2.27. The van der Waals surface area contributed by atoms with Crippen molar-refractivity contribution in [2.45, 2.75) is 78.7 Å². The fourth-order valence-electron chi connectivity index (χ4n) is 5.27. The molecule has 6 nitrogen and oxygen atoms in total. The minimum atomic E-state index is -0.706. The molecule has 0 fully saturated rings. The topological polar surface area (TPSA) is 59.1 Å². The van der Waals surface area contributed by atoms with Crippen molar-refractivity contribution in [2.24, 2.45) is 0 Å². The van der Waals surface area contributed by atoms with Gasteiger partial charge in [-0.15, -0.1) is 0 Å². The smallest absolute Gasteiger partial charge is 0.263 e. The average molecular weight is 621 g/mol. The van der Waals surface area contributed by atoms with Crippen LogP contribution in [-0.2, 0) is 22.7 Å². The largest absolute Gasteiger partial charge is 0.481 e. The lowest BCUT2D eigenvalue weighted by molar-refractivity contribution is -0.142. The van der Waals surface area contributed by atoms with Gasteiger partial charge in [-0.25, -0.2) is 0 Å². The number of nitrogens with zero attached hydrogens (tertiary/aromatic N) is 2. The number of hydrogen-bond donors (Lipinski definition) is 0.